The number of ketones is 1. The summed E-state index contributed by atoms with van der Waals surface area (Å²) in [6, 6.07) is 0. The van der Waals surface area contributed by atoms with Crippen molar-refractivity contribution in [2.24, 2.45) is 17.8 Å². The number of ether oxygens (including phenoxy) is 1. The lowest BCUT2D eigenvalue weighted by atomic mass is 9.84. The Morgan fingerprint density at radius 2 is 2.32 bits per heavy atom. The maximum atomic E-state index is 12.8. The molecular formula is C15H22N2O2. The van der Waals surface area contributed by atoms with Crippen molar-refractivity contribution < 1.29 is 9.53 Å². The van der Waals surface area contributed by atoms with Crippen LogP contribution in [0, 0.1) is 17.8 Å². The smallest absolute Gasteiger partial charge is 0.188 e. The second kappa shape index (κ2) is 4.99. The molecular weight excluding hydrogens is 240 g/mol. The van der Waals surface area contributed by atoms with E-state index < -0.39 is 0 Å². The molecule has 3 atom stereocenters. The Bertz CT molecular complexity index is 480. The maximum absolute atomic E-state index is 12.8. The molecule has 0 aromatic carbocycles. The Kier molecular flexibility index (Phi) is 3.33. The summed E-state index contributed by atoms with van der Waals surface area (Å²) >= 11 is 0. The summed E-state index contributed by atoms with van der Waals surface area (Å²) < 4.78 is 7.16. The highest BCUT2D eigenvalue weighted by atomic mass is 16.5. The number of hydrogen-bond donors (Lipinski definition) is 0. The molecule has 104 valence electrons. The molecule has 3 unspecified atom stereocenters. The van der Waals surface area contributed by atoms with Crippen LogP contribution in [0.1, 0.15) is 49.5 Å². The minimum atomic E-state index is 0.208. The van der Waals surface area contributed by atoms with Gasteiger partial charge in [0.25, 0.3) is 0 Å². The fraction of sp³-hybridized carbons (Fsp3) is 0.733. The van der Waals surface area contributed by atoms with Crippen LogP contribution in [-0.2, 0) is 6.54 Å². The van der Waals surface area contributed by atoms with E-state index >= 15 is 0 Å². The molecule has 2 fully saturated rings. The second-order valence-electron chi connectivity index (χ2n) is 5.93. The zero-order valence-electron chi connectivity index (χ0n) is 11.8. The zero-order valence-corrected chi connectivity index (χ0v) is 11.8. The normalized spacial score (nSPS) is 28.8. The van der Waals surface area contributed by atoms with Crippen LogP contribution < -0.4 is 4.74 Å². The average Bonchev–Trinajstić information content (AvgIpc) is 3.12. The van der Waals surface area contributed by atoms with Crippen LogP contribution in [0.15, 0.2) is 6.20 Å². The molecule has 0 saturated heterocycles. The van der Waals surface area contributed by atoms with Gasteiger partial charge < -0.3 is 4.74 Å². The fourth-order valence-corrected chi connectivity index (χ4v) is 3.89. The number of aromatic nitrogens is 2. The number of nitrogens with zero attached hydrogens (tertiary/aromatic N) is 2. The lowest BCUT2D eigenvalue weighted by molar-refractivity contribution is 0.0859. The molecule has 4 nitrogen and oxygen atoms in total. The predicted octanol–water partition coefficient (Wildman–Crippen LogP) is 2.92. The zero-order chi connectivity index (χ0) is 13.4. The summed E-state index contributed by atoms with van der Waals surface area (Å²) in [7, 11) is 1.62. The number of hydrogen-bond acceptors (Lipinski definition) is 3. The molecule has 3 rings (SSSR count). The first-order valence-corrected chi connectivity index (χ1v) is 7.38. The van der Waals surface area contributed by atoms with Crippen LogP contribution in [0.2, 0.25) is 0 Å². The molecule has 0 N–H and O–H groups in total. The third kappa shape index (κ3) is 2.07. The highest BCUT2D eigenvalue weighted by Gasteiger charge is 2.44. The molecule has 2 saturated carbocycles. The van der Waals surface area contributed by atoms with Crippen LogP contribution in [0.25, 0.3) is 0 Å². The monoisotopic (exact) mass is 262 g/mol. The molecule has 0 amide bonds. The number of aryl methyl sites for hydroxylation is 1. The van der Waals surface area contributed by atoms with Gasteiger partial charge in [-0.15, -0.1) is 0 Å². The van der Waals surface area contributed by atoms with Crippen LogP contribution in [-0.4, -0.2) is 22.7 Å². The van der Waals surface area contributed by atoms with Gasteiger partial charge in [-0.25, -0.2) is 0 Å². The highest BCUT2D eigenvalue weighted by molar-refractivity contribution is 5.99. The Morgan fingerprint density at radius 1 is 1.47 bits per heavy atom. The van der Waals surface area contributed by atoms with Crippen molar-refractivity contribution >= 4 is 5.78 Å². The quantitative estimate of drug-likeness (QED) is 0.766. The Balaban J connectivity index is 1.88. The van der Waals surface area contributed by atoms with E-state index in [0.29, 0.717) is 17.4 Å². The minimum Gasteiger partial charge on any atom is -0.493 e. The topological polar surface area (TPSA) is 44.1 Å². The summed E-state index contributed by atoms with van der Waals surface area (Å²) in [6.45, 7) is 2.88. The van der Waals surface area contributed by atoms with Gasteiger partial charge in [0.2, 0.25) is 0 Å². The third-order valence-corrected chi connectivity index (χ3v) is 4.77. The van der Waals surface area contributed by atoms with Crippen molar-refractivity contribution in [1.29, 1.82) is 0 Å². The number of methoxy groups -OCH3 is 1. The van der Waals surface area contributed by atoms with E-state index in [4.69, 9.17) is 4.74 Å². The van der Waals surface area contributed by atoms with Crippen molar-refractivity contribution in [1.82, 2.24) is 9.78 Å². The Morgan fingerprint density at radius 3 is 2.89 bits per heavy atom. The molecule has 2 bridgehead atoms. The molecule has 2 aliphatic carbocycles. The molecule has 0 spiro atoms. The predicted molar refractivity (Wildman–Crippen MR) is 72.3 cm³/mol. The number of carbonyl (C=O) groups excluding carboxylic acids is 1. The standard InChI is InChI=1S/C15H22N2O2/c1-3-6-17-14(13(19-2)9-16-17)15(18)12-8-10-4-5-11(12)7-10/h9-12H,3-8H2,1-2H3. The van der Waals surface area contributed by atoms with Crippen molar-refractivity contribution in [2.45, 2.75) is 45.6 Å². The SMILES string of the molecule is CCCn1ncc(OC)c1C(=O)C1CC2CCC1C2. The van der Waals surface area contributed by atoms with Gasteiger partial charge in [0, 0.05) is 12.5 Å². The van der Waals surface area contributed by atoms with Crippen LogP contribution in [0.5, 0.6) is 5.75 Å². The van der Waals surface area contributed by atoms with Crippen molar-refractivity contribution in [3.63, 3.8) is 0 Å². The number of rotatable bonds is 5. The minimum absolute atomic E-state index is 0.208. The first-order chi connectivity index (χ1) is 9.24. The lowest BCUT2D eigenvalue weighted by Crippen LogP contribution is -2.24. The van der Waals surface area contributed by atoms with Gasteiger partial charge in [-0.3, -0.25) is 9.48 Å². The van der Waals surface area contributed by atoms with Gasteiger partial charge >= 0.3 is 0 Å². The molecule has 1 aromatic heterocycles. The van der Waals surface area contributed by atoms with E-state index in [-0.39, 0.29) is 11.7 Å². The molecule has 1 aromatic rings. The van der Waals surface area contributed by atoms with Gasteiger partial charge in [0.15, 0.2) is 11.5 Å². The van der Waals surface area contributed by atoms with E-state index in [9.17, 15) is 4.79 Å². The number of fused-ring (bicyclic) bond motifs is 2. The molecule has 0 radical (unpaired) electrons. The van der Waals surface area contributed by atoms with Crippen molar-refractivity contribution in [2.75, 3.05) is 7.11 Å². The molecule has 2 aliphatic rings. The number of carbonyl (C=O) groups is 1. The first-order valence-electron chi connectivity index (χ1n) is 7.38. The van der Waals surface area contributed by atoms with Crippen LogP contribution in [0.4, 0.5) is 0 Å². The van der Waals surface area contributed by atoms with Gasteiger partial charge in [0.1, 0.15) is 5.69 Å². The summed E-state index contributed by atoms with van der Waals surface area (Å²) in [4.78, 5) is 12.8. The summed E-state index contributed by atoms with van der Waals surface area (Å²) in [5.74, 6) is 2.50. The summed E-state index contributed by atoms with van der Waals surface area (Å²) in [5.41, 5.74) is 0.696. The van der Waals surface area contributed by atoms with E-state index in [0.717, 1.165) is 25.3 Å². The first kappa shape index (κ1) is 12.7. The summed E-state index contributed by atoms with van der Waals surface area (Å²) in [5, 5.41) is 4.30. The molecule has 1 heterocycles. The van der Waals surface area contributed by atoms with E-state index in [2.05, 4.69) is 12.0 Å². The largest absolute Gasteiger partial charge is 0.493 e. The van der Waals surface area contributed by atoms with E-state index in [1.807, 2.05) is 4.68 Å². The summed E-state index contributed by atoms with van der Waals surface area (Å²) in [6.07, 6.45) is 7.52. The second-order valence-corrected chi connectivity index (χ2v) is 5.93. The molecule has 0 aliphatic heterocycles. The third-order valence-electron chi connectivity index (χ3n) is 4.77. The van der Waals surface area contributed by atoms with Gasteiger partial charge in [-0.05, 0) is 37.5 Å². The van der Waals surface area contributed by atoms with Crippen LogP contribution >= 0.6 is 0 Å². The molecule has 19 heavy (non-hydrogen) atoms. The van der Waals surface area contributed by atoms with Gasteiger partial charge in [-0.1, -0.05) is 13.3 Å². The fourth-order valence-electron chi connectivity index (χ4n) is 3.89. The van der Waals surface area contributed by atoms with Crippen LogP contribution in [0.3, 0.4) is 0 Å². The Hall–Kier alpha value is -1.32. The van der Waals surface area contributed by atoms with E-state index in [1.165, 1.54) is 19.3 Å². The van der Waals surface area contributed by atoms with Crippen molar-refractivity contribution in [3.8, 4) is 5.75 Å². The van der Waals surface area contributed by atoms with E-state index in [1.54, 1.807) is 13.3 Å². The lowest BCUT2D eigenvalue weighted by Gasteiger charge is -2.21. The van der Waals surface area contributed by atoms with Crippen molar-refractivity contribution in [3.05, 3.63) is 11.9 Å². The van der Waals surface area contributed by atoms with Gasteiger partial charge in [0.05, 0.1) is 13.3 Å². The maximum Gasteiger partial charge on any atom is 0.188 e. The van der Waals surface area contributed by atoms with Gasteiger partial charge in [-0.2, -0.15) is 5.10 Å². The highest BCUT2D eigenvalue weighted by Crippen LogP contribution is 2.49. The number of Topliss-reactive ketones (excluding diaryl/α,β-unsaturated/α-hetero) is 1. The Labute approximate surface area is 114 Å². The molecule has 4 heteroatoms. The average molecular weight is 262 g/mol.